The number of hydrogen-bond acceptors (Lipinski definition) is 5. The highest BCUT2D eigenvalue weighted by Gasteiger charge is 2.08. The number of ether oxygens (including phenoxy) is 1. The predicted molar refractivity (Wildman–Crippen MR) is 102 cm³/mol. The summed E-state index contributed by atoms with van der Waals surface area (Å²) in [5, 5.41) is 3.24. The predicted octanol–water partition coefficient (Wildman–Crippen LogP) is 4.26. The van der Waals surface area contributed by atoms with E-state index in [4.69, 9.17) is 4.74 Å². The molecule has 0 aliphatic heterocycles. The molecule has 132 valence electrons. The molecule has 0 saturated carbocycles. The largest absolute Gasteiger partial charge is 0.414 e. The van der Waals surface area contributed by atoms with E-state index < -0.39 is 6.09 Å². The topological polar surface area (TPSA) is 67.4 Å². The molecule has 0 saturated heterocycles. The molecule has 1 N–H and O–H groups in total. The fourth-order valence-corrected chi connectivity index (χ4v) is 2.37. The van der Waals surface area contributed by atoms with Gasteiger partial charge in [0.1, 0.15) is 17.4 Å². The monoisotopic (exact) mass is 348 g/mol. The quantitative estimate of drug-likeness (QED) is 0.763. The summed E-state index contributed by atoms with van der Waals surface area (Å²) in [5.41, 5.74) is 2.64. The minimum Gasteiger partial charge on any atom is -0.410 e. The zero-order chi connectivity index (χ0) is 18.5. The molecule has 6 heteroatoms. The number of aromatic nitrogens is 2. The van der Waals surface area contributed by atoms with Crippen LogP contribution < -0.4 is 10.1 Å². The molecule has 0 unspecified atom stereocenters. The third kappa shape index (κ3) is 4.36. The van der Waals surface area contributed by atoms with Gasteiger partial charge in [0.15, 0.2) is 0 Å². The minimum absolute atomic E-state index is 0.425. The van der Waals surface area contributed by atoms with Crippen LogP contribution in [0.5, 0.6) is 5.75 Å². The van der Waals surface area contributed by atoms with Crippen molar-refractivity contribution in [3.05, 3.63) is 66.5 Å². The first-order chi connectivity index (χ1) is 12.5. The first-order valence-corrected chi connectivity index (χ1v) is 8.18. The molecule has 0 radical (unpaired) electrons. The van der Waals surface area contributed by atoms with E-state index in [9.17, 15) is 4.79 Å². The molecule has 0 atom stereocenters. The maximum Gasteiger partial charge on any atom is 0.414 e. The molecular weight excluding hydrogens is 328 g/mol. The average Bonchev–Trinajstić information content (AvgIpc) is 2.62. The van der Waals surface area contributed by atoms with Gasteiger partial charge in [-0.1, -0.05) is 36.4 Å². The Kier molecular flexibility index (Phi) is 5.12. The van der Waals surface area contributed by atoms with Crippen LogP contribution in [-0.4, -0.2) is 35.1 Å². The van der Waals surface area contributed by atoms with Gasteiger partial charge in [-0.25, -0.2) is 14.8 Å². The van der Waals surface area contributed by atoms with Crippen molar-refractivity contribution in [2.45, 2.75) is 6.92 Å². The van der Waals surface area contributed by atoms with E-state index in [0.29, 0.717) is 17.4 Å². The van der Waals surface area contributed by atoms with Crippen LogP contribution in [0.4, 0.5) is 16.3 Å². The van der Waals surface area contributed by atoms with Crippen molar-refractivity contribution in [2.75, 3.05) is 19.4 Å². The van der Waals surface area contributed by atoms with E-state index in [1.807, 2.05) is 55.5 Å². The van der Waals surface area contributed by atoms with Crippen LogP contribution in [0.25, 0.3) is 11.3 Å². The third-order valence-corrected chi connectivity index (χ3v) is 3.58. The molecule has 1 heterocycles. The van der Waals surface area contributed by atoms with Crippen LogP contribution >= 0.6 is 0 Å². The first-order valence-electron chi connectivity index (χ1n) is 8.18. The molecule has 6 nitrogen and oxygen atoms in total. The molecule has 2 aromatic carbocycles. The number of rotatable bonds is 4. The summed E-state index contributed by atoms with van der Waals surface area (Å²) in [6, 6.07) is 19.0. The number of aryl methyl sites for hydroxylation is 1. The van der Waals surface area contributed by atoms with Crippen LogP contribution in [-0.2, 0) is 0 Å². The van der Waals surface area contributed by atoms with Crippen molar-refractivity contribution >= 4 is 17.6 Å². The summed E-state index contributed by atoms with van der Waals surface area (Å²) in [5.74, 6) is 1.80. The number of nitrogens with one attached hydrogen (secondary N) is 1. The van der Waals surface area contributed by atoms with E-state index in [-0.39, 0.29) is 0 Å². The Morgan fingerprint density at radius 2 is 1.77 bits per heavy atom. The molecule has 1 aromatic heterocycles. The SMILES string of the molecule is Cc1nc(Nc2cccc(OC(=O)N(C)C)c2)cc(-c2ccccc2)n1. The second-order valence-corrected chi connectivity index (χ2v) is 5.97. The zero-order valence-electron chi connectivity index (χ0n) is 14.9. The first kappa shape index (κ1) is 17.4. The summed E-state index contributed by atoms with van der Waals surface area (Å²) in [6.07, 6.45) is -0.425. The Labute approximate surface area is 152 Å². The molecular formula is C20H20N4O2. The maximum absolute atomic E-state index is 11.7. The molecule has 0 aliphatic rings. The Balaban J connectivity index is 1.83. The molecule has 0 fully saturated rings. The summed E-state index contributed by atoms with van der Waals surface area (Å²) in [4.78, 5) is 22.0. The molecule has 3 rings (SSSR count). The number of benzene rings is 2. The fraction of sp³-hybridized carbons (Fsp3) is 0.150. The lowest BCUT2D eigenvalue weighted by atomic mass is 10.1. The molecule has 26 heavy (non-hydrogen) atoms. The van der Waals surface area contributed by atoms with Gasteiger partial charge in [0.25, 0.3) is 0 Å². The lowest BCUT2D eigenvalue weighted by molar-refractivity contribution is 0.172. The lowest BCUT2D eigenvalue weighted by Gasteiger charge is -2.12. The molecule has 3 aromatic rings. The molecule has 1 amide bonds. The molecule has 0 spiro atoms. The van der Waals surface area contributed by atoms with Crippen LogP contribution in [0.3, 0.4) is 0 Å². The second-order valence-electron chi connectivity index (χ2n) is 5.97. The Hall–Kier alpha value is -3.41. The second kappa shape index (κ2) is 7.65. The number of anilines is 2. The summed E-state index contributed by atoms with van der Waals surface area (Å²) < 4.78 is 5.29. The van der Waals surface area contributed by atoms with Gasteiger partial charge in [0.05, 0.1) is 5.69 Å². The number of amides is 1. The average molecular weight is 348 g/mol. The normalized spacial score (nSPS) is 10.3. The summed E-state index contributed by atoms with van der Waals surface area (Å²) in [7, 11) is 3.28. The highest BCUT2D eigenvalue weighted by Crippen LogP contribution is 2.24. The van der Waals surface area contributed by atoms with Gasteiger partial charge < -0.3 is 15.0 Å². The van der Waals surface area contributed by atoms with Crippen LogP contribution in [0.1, 0.15) is 5.82 Å². The van der Waals surface area contributed by atoms with Gasteiger partial charge in [-0.15, -0.1) is 0 Å². The van der Waals surface area contributed by atoms with Crippen molar-refractivity contribution in [3.63, 3.8) is 0 Å². The van der Waals surface area contributed by atoms with Crippen LogP contribution in [0, 0.1) is 6.92 Å². The Morgan fingerprint density at radius 1 is 1.00 bits per heavy atom. The van der Waals surface area contributed by atoms with Gasteiger partial charge in [0, 0.05) is 37.5 Å². The summed E-state index contributed by atoms with van der Waals surface area (Å²) in [6.45, 7) is 1.85. The van der Waals surface area contributed by atoms with Crippen molar-refractivity contribution in [3.8, 4) is 17.0 Å². The zero-order valence-corrected chi connectivity index (χ0v) is 14.9. The Bertz CT molecular complexity index is 911. The van der Waals surface area contributed by atoms with Gasteiger partial charge in [-0.05, 0) is 19.1 Å². The smallest absolute Gasteiger partial charge is 0.410 e. The third-order valence-electron chi connectivity index (χ3n) is 3.58. The van der Waals surface area contributed by atoms with E-state index in [0.717, 1.165) is 16.9 Å². The molecule has 0 aliphatic carbocycles. The number of hydrogen-bond donors (Lipinski definition) is 1. The highest BCUT2D eigenvalue weighted by molar-refractivity contribution is 5.71. The minimum atomic E-state index is -0.425. The van der Waals surface area contributed by atoms with Crippen LogP contribution in [0.15, 0.2) is 60.7 Å². The van der Waals surface area contributed by atoms with Gasteiger partial charge in [-0.3, -0.25) is 0 Å². The molecule has 0 bridgehead atoms. The van der Waals surface area contributed by atoms with E-state index >= 15 is 0 Å². The maximum atomic E-state index is 11.7. The lowest BCUT2D eigenvalue weighted by Crippen LogP contribution is -2.25. The van der Waals surface area contributed by atoms with Crippen molar-refractivity contribution in [1.82, 2.24) is 14.9 Å². The standard InChI is InChI=1S/C20H20N4O2/c1-14-21-18(15-8-5-4-6-9-15)13-19(22-14)23-16-10-7-11-17(12-16)26-20(25)24(2)3/h4-13H,1-3H3,(H,21,22,23). The van der Waals surface area contributed by atoms with Crippen molar-refractivity contribution in [2.24, 2.45) is 0 Å². The summed E-state index contributed by atoms with van der Waals surface area (Å²) >= 11 is 0. The van der Waals surface area contributed by atoms with Crippen molar-refractivity contribution < 1.29 is 9.53 Å². The number of nitrogens with zero attached hydrogens (tertiary/aromatic N) is 3. The highest BCUT2D eigenvalue weighted by atomic mass is 16.6. The van der Waals surface area contributed by atoms with Crippen LogP contribution in [0.2, 0.25) is 0 Å². The number of carbonyl (C=O) groups excluding carboxylic acids is 1. The van der Waals surface area contributed by atoms with E-state index in [1.54, 1.807) is 26.2 Å². The van der Waals surface area contributed by atoms with Gasteiger partial charge in [-0.2, -0.15) is 0 Å². The van der Waals surface area contributed by atoms with Gasteiger partial charge in [0.2, 0.25) is 0 Å². The number of carbonyl (C=O) groups is 1. The van der Waals surface area contributed by atoms with Gasteiger partial charge >= 0.3 is 6.09 Å². The van der Waals surface area contributed by atoms with E-state index in [2.05, 4.69) is 15.3 Å². The fourth-order valence-electron chi connectivity index (χ4n) is 2.37. The Morgan fingerprint density at radius 3 is 2.50 bits per heavy atom. The van der Waals surface area contributed by atoms with Crippen molar-refractivity contribution in [1.29, 1.82) is 0 Å². The van der Waals surface area contributed by atoms with E-state index in [1.165, 1.54) is 4.90 Å².